The number of nitrogens with one attached hydrogen (secondary N) is 2. The first-order valence-corrected chi connectivity index (χ1v) is 15.5. The van der Waals surface area contributed by atoms with Crippen LogP contribution < -0.4 is 16.0 Å². The Morgan fingerprint density at radius 2 is 1.60 bits per heavy atom. The number of hydrogen-bond acceptors (Lipinski definition) is 7. The van der Waals surface area contributed by atoms with E-state index in [-0.39, 0.29) is 18.6 Å². The number of hydrogen-bond donors (Lipinski definition) is 3. The number of nitrogens with two attached hydrogens (primary N) is 1. The lowest BCUT2D eigenvalue weighted by molar-refractivity contribution is -0.142. The van der Waals surface area contributed by atoms with Gasteiger partial charge in [-0.15, -0.1) is 0 Å². The molecule has 10 nitrogen and oxygen atoms in total. The van der Waals surface area contributed by atoms with Crippen LogP contribution in [0.2, 0.25) is 0 Å². The van der Waals surface area contributed by atoms with Crippen LogP contribution in [0.15, 0.2) is 82.6 Å². The summed E-state index contributed by atoms with van der Waals surface area (Å²) in [7, 11) is -3.42. The predicted octanol–water partition coefficient (Wildman–Crippen LogP) is 4.79. The highest BCUT2D eigenvalue weighted by atomic mass is 32.2. The van der Waals surface area contributed by atoms with Crippen LogP contribution >= 0.6 is 0 Å². The Labute approximate surface area is 246 Å². The largest absolute Gasteiger partial charge is 0.466 e. The van der Waals surface area contributed by atoms with Crippen molar-refractivity contribution >= 4 is 39.3 Å². The Morgan fingerprint density at radius 1 is 0.976 bits per heavy atom. The van der Waals surface area contributed by atoms with Crippen molar-refractivity contribution in [1.29, 1.82) is 0 Å². The summed E-state index contributed by atoms with van der Waals surface area (Å²) in [5.74, 6) is -0.470. The number of ether oxygens (including phenoxy) is 1. The normalized spacial score (nSPS) is 11.1. The minimum absolute atomic E-state index is 0.124. The zero-order chi connectivity index (χ0) is 30.7. The van der Waals surface area contributed by atoms with Gasteiger partial charge in [0.2, 0.25) is 10.0 Å². The van der Waals surface area contributed by atoms with Gasteiger partial charge in [-0.2, -0.15) is 0 Å². The number of carbonyl (C=O) groups excluding carboxylic acids is 1. The van der Waals surface area contributed by atoms with Crippen molar-refractivity contribution in [3.63, 3.8) is 0 Å². The number of benzene rings is 3. The molecule has 0 radical (unpaired) electrons. The lowest BCUT2D eigenvalue weighted by atomic mass is 10.1. The van der Waals surface area contributed by atoms with Gasteiger partial charge in [-0.1, -0.05) is 50.2 Å². The van der Waals surface area contributed by atoms with Crippen LogP contribution in [0.1, 0.15) is 43.2 Å². The Morgan fingerprint density at radius 3 is 2.17 bits per heavy atom. The lowest BCUT2D eigenvalue weighted by Gasteiger charge is -2.06. The molecular weight excluding hydrogens is 554 g/mol. The van der Waals surface area contributed by atoms with E-state index in [0.717, 1.165) is 36.0 Å². The maximum absolute atomic E-state index is 13.2. The van der Waals surface area contributed by atoms with Gasteiger partial charge < -0.3 is 10.5 Å². The van der Waals surface area contributed by atoms with Gasteiger partial charge in [-0.25, -0.2) is 13.1 Å². The van der Waals surface area contributed by atoms with Crippen molar-refractivity contribution in [3.05, 3.63) is 106 Å². The molecule has 4 aromatic rings. The molecule has 4 rings (SSSR count). The molecule has 11 heteroatoms. The van der Waals surface area contributed by atoms with Gasteiger partial charge in [0.05, 0.1) is 41.9 Å². The molecule has 0 atom stereocenters. The SMILES string of the molecule is CCOC(=O)Cc1[nH]n(-c2ccc(NS(C)(=O)=O)cc2)c(=O)c1C=Nc1ccccc1CC.CCc1ccccc1N. The highest BCUT2D eigenvalue weighted by Gasteiger charge is 2.17. The summed E-state index contributed by atoms with van der Waals surface area (Å²) in [6.45, 7) is 6.06. The summed E-state index contributed by atoms with van der Waals surface area (Å²) < 4.78 is 31.5. The second-order valence-electron chi connectivity index (χ2n) is 9.34. The van der Waals surface area contributed by atoms with E-state index in [2.05, 4.69) is 27.8 Å². The number of nitrogen functional groups attached to an aromatic ring is 1. The van der Waals surface area contributed by atoms with E-state index in [1.807, 2.05) is 49.4 Å². The molecular formula is C31H37N5O5S. The van der Waals surface area contributed by atoms with E-state index >= 15 is 0 Å². The molecule has 1 aromatic heterocycles. The summed E-state index contributed by atoms with van der Waals surface area (Å²) in [6.07, 6.45) is 4.19. The fourth-order valence-electron chi connectivity index (χ4n) is 4.12. The Kier molecular flexibility index (Phi) is 11.3. The molecule has 4 N–H and O–H groups in total. The van der Waals surface area contributed by atoms with Gasteiger partial charge >= 0.3 is 5.97 Å². The maximum Gasteiger partial charge on any atom is 0.311 e. The first-order chi connectivity index (χ1) is 20.1. The first kappa shape index (κ1) is 31.9. The van der Waals surface area contributed by atoms with Crippen molar-refractivity contribution in [2.24, 2.45) is 4.99 Å². The van der Waals surface area contributed by atoms with Crippen LogP contribution in [-0.2, 0) is 38.8 Å². The van der Waals surface area contributed by atoms with Crippen LogP contribution in [-0.4, -0.2) is 43.2 Å². The van der Waals surface area contributed by atoms with Gasteiger partial charge in [0.25, 0.3) is 5.56 Å². The number of H-pyrrole nitrogens is 1. The monoisotopic (exact) mass is 591 g/mol. The molecule has 0 aliphatic rings. The number of aliphatic imine (C=N–C) groups is 1. The van der Waals surface area contributed by atoms with Gasteiger partial charge in [0, 0.05) is 17.6 Å². The smallest absolute Gasteiger partial charge is 0.311 e. The fourth-order valence-corrected chi connectivity index (χ4v) is 4.68. The van der Waals surface area contributed by atoms with Gasteiger partial charge in [0.15, 0.2) is 0 Å². The number of sulfonamides is 1. The molecule has 0 bridgehead atoms. The lowest BCUT2D eigenvalue weighted by Crippen LogP contribution is -2.17. The standard InChI is InChI=1S/C23H26N4O5S.C8H11N/c1-4-16-8-6-7-9-20(16)24-15-19-21(14-22(28)32-5-2)25-27(23(19)29)18-12-10-17(11-13-18)26-33(3,30)31;1-2-7-5-3-4-6-8(7)9/h6-13,15,25-26H,4-5,14H2,1-3H3;3-6H,2,9H2,1H3. The van der Waals surface area contributed by atoms with E-state index in [0.29, 0.717) is 17.1 Å². The minimum atomic E-state index is -3.42. The summed E-state index contributed by atoms with van der Waals surface area (Å²) in [5, 5.41) is 2.96. The molecule has 3 aromatic carbocycles. The predicted molar refractivity (Wildman–Crippen MR) is 168 cm³/mol. The fraction of sp³-hybridized carbons (Fsp3) is 0.258. The van der Waals surface area contributed by atoms with Crippen LogP contribution in [0.25, 0.3) is 5.69 Å². The quantitative estimate of drug-likeness (QED) is 0.137. The third-order valence-corrected chi connectivity index (χ3v) is 6.81. The summed E-state index contributed by atoms with van der Waals surface area (Å²) >= 11 is 0. The second-order valence-corrected chi connectivity index (χ2v) is 11.1. The van der Waals surface area contributed by atoms with Crippen LogP contribution in [0.4, 0.5) is 17.1 Å². The molecule has 0 fully saturated rings. The van der Waals surface area contributed by atoms with Crippen LogP contribution in [0.3, 0.4) is 0 Å². The molecule has 222 valence electrons. The van der Waals surface area contributed by atoms with E-state index in [1.54, 1.807) is 31.2 Å². The van der Waals surface area contributed by atoms with E-state index in [1.165, 1.54) is 16.5 Å². The Hall–Kier alpha value is -4.64. The summed E-state index contributed by atoms with van der Waals surface area (Å²) in [5.41, 5.74) is 10.6. The van der Waals surface area contributed by atoms with Crippen molar-refractivity contribution in [2.45, 2.75) is 40.0 Å². The number of para-hydroxylation sites is 2. The molecule has 0 amide bonds. The molecule has 1 heterocycles. The van der Waals surface area contributed by atoms with Crippen molar-refractivity contribution in [3.8, 4) is 5.69 Å². The Balaban J connectivity index is 0.000000458. The molecule has 0 aliphatic heterocycles. The molecule has 0 unspecified atom stereocenters. The second kappa shape index (κ2) is 14.8. The van der Waals surface area contributed by atoms with Crippen LogP contribution in [0, 0.1) is 0 Å². The highest BCUT2D eigenvalue weighted by molar-refractivity contribution is 7.92. The van der Waals surface area contributed by atoms with Crippen molar-refractivity contribution < 1.29 is 17.9 Å². The zero-order valence-corrected chi connectivity index (χ0v) is 25.1. The number of anilines is 2. The summed E-state index contributed by atoms with van der Waals surface area (Å²) in [4.78, 5) is 29.8. The van der Waals surface area contributed by atoms with Crippen LogP contribution in [0.5, 0.6) is 0 Å². The molecule has 42 heavy (non-hydrogen) atoms. The number of esters is 1. The van der Waals surface area contributed by atoms with Crippen molar-refractivity contribution in [1.82, 2.24) is 9.78 Å². The maximum atomic E-state index is 13.2. The molecule has 0 aliphatic carbocycles. The van der Waals surface area contributed by atoms with Crippen molar-refractivity contribution in [2.75, 3.05) is 23.3 Å². The average Bonchev–Trinajstić information content (AvgIpc) is 3.26. The average molecular weight is 592 g/mol. The minimum Gasteiger partial charge on any atom is -0.466 e. The van der Waals surface area contributed by atoms with Gasteiger partial charge in [0.1, 0.15) is 0 Å². The van der Waals surface area contributed by atoms with Gasteiger partial charge in [-0.05, 0) is 67.3 Å². The topological polar surface area (TPSA) is 149 Å². The van der Waals surface area contributed by atoms with E-state index < -0.39 is 21.6 Å². The number of nitrogens with zero attached hydrogens (tertiary/aromatic N) is 2. The molecule has 0 saturated heterocycles. The number of rotatable bonds is 10. The third-order valence-electron chi connectivity index (χ3n) is 6.20. The highest BCUT2D eigenvalue weighted by Crippen LogP contribution is 2.19. The number of aromatic nitrogens is 2. The number of aromatic amines is 1. The summed E-state index contributed by atoms with van der Waals surface area (Å²) in [6, 6.07) is 21.8. The number of aryl methyl sites for hydroxylation is 2. The van der Waals surface area contributed by atoms with E-state index in [9.17, 15) is 18.0 Å². The third kappa shape index (κ3) is 8.93. The number of carbonyl (C=O) groups is 1. The molecule has 0 saturated carbocycles. The first-order valence-electron chi connectivity index (χ1n) is 13.6. The Bertz CT molecular complexity index is 1690. The molecule has 0 spiro atoms. The van der Waals surface area contributed by atoms with E-state index in [4.69, 9.17) is 10.5 Å². The van der Waals surface area contributed by atoms with Gasteiger partial charge in [-0.3, -0.25) is 24.4 Å². The zero-order valence-electron chi connectivity index (χ0n) is 24.3.